The fraction of sp³-hybridized carbons (Fsp3) is 0.571. The maximum absolute atomic E-state index is 12.8. The van der Waals surface area contributed by atoms with Crippen molar-refractivity contribution in [2.45, 2.75) is 52.1 Å². The summed E-state index contributed by atoms with van der Waals surface area (Å²) in [7, 11) is 0. The van der Waals surface area contributed by atoms with Gasteiger partial charge in [0, 0.05) is 12.1 Å². The van der Waals surface area contributed by atoms with Crippen LogP contribution in [0.2, 0.25) is 0 Å². The third-order valence-electron chi connectivity index (χ3n) is 3.10. The average molecular weight is 223 g/mol. The molecule has 1 atom stereocenters. The lowest BCUT2D eigenvalue weighted by molar-refractivity contribution is 0.407. The van der Waals surface area contributed by atoms with Gasteiger partial charge in [-0.3, -0.25) is 0 Å². The molecule has 2 heteroatoms. The third kappa shape index (κ3) is 3.60. The van der Waals surface area contributed by atoms with E-state index in [0.29, 0.717) is 12.1 Å². The molecule has 0 saturated carbocycles. The molecular weight excluding hydrogens is 201 g/mol. The lowest BCUT2D eigenvalue weighted by atomic mass is 10.0. The zero-order chi connectivity index (χ0) is 12.0. The van der Waals surface area contributed by atoms with Crippen molar-refractivity contribution in [3.63, 3.8) is 0 Å². The summed E-state index contributed by atoms with van der Waals surface area (Å²) < 4.78 is 12.8. The van der Waals surface area contributed by atoms with Gasteiger partial charge in [-0.15, -0.1) is 0 Å². The molecular formula is C14H22FN. The van der Waals surface area contributed by atoms with Gasteiger partial charge in [0.2, 0.25) is 0 Å². The van der Waals surface area contributed by atoms with Crippen LogP contribution in [0.3, 0.4) is 0 Å². The highest BCUT2D eigenvalue weighted by atomic mass is 19.1. The first-order chi connectivity index (χ1) is 7.71. The number of rotatable bonds is 6. The van der Waals surface area contributed by atoms with Gasteiger partial charge in [-0.25, -0.2) is 4.39 Å². The minimum atomic E-state index is -0.166. The Labute approximate surface area is 98.1 Å². The zero-order valence-corrected chi connectivity index (χ0v) is 10.5. The Balaban J connectivity index is 2.70. The predicted octanol–water partition coefficient (Wildman–Crippen LogP) is 4.06. The lowest BCUT2D eigenvalue weighted by Crippen LogP contribution is -2.31. The molecule has 0 amide bonds. The van der Waals surface area contributed by atoms with Crippen LogP contribution >= 0.6 is 0 Å². The Kier molecular flexibility index (Phi) is 5.47. The molecule has 1 aromatic rings. The van der Waals surface area contributed by atoms with Gasteiger partial charge in [-0.2, -0.15) is 0 Å². The van der Waals surface area contributed by atoms with Crippen LogP contribution in [0, 0.1) is 5.82 Å². The number of hydrogen-bond donors (Lipinski definition) is 1. The standard InChI is InChI=1S/C14H22FN/c1-4-13(5-2)16-14(6-3)11-7-9-12(15)10-8-11/h7-10,13-14,16H,4-6H2,1-3H3. The molecule has 0 aliphatic carbocycles. The zero-order valence-electron chi connectivity index (χ0n) is 10.5. The summed E-state index contributed by atoms with van der Waals surface area (Å²) >= 11 is 0. The molecule has 1 nitrogen and oxygen atoms in total. The van der Waals surface area contributed by atoms with Crippen molar-refractivity contribution >= 4 is 0 Å². The summed E-state index contributed by atoms with van der Waals surface area (Å²) in [6, 6.07) is 7.71. The molecule has 0 spiro atoms. The van der Waals surface area contributed by atoms with Crippen LogP contribution in [0.15, 0.2) is 24.3 Å². The SMILES string of the molecule is CCC(CC)NC(CC)c1ccc(F)cc1. The van der Waals surface area contributed by atoms with Crippen molar-refractivity contribution in [3.8, 4) is 0 Å². The second-order valence-corrected chi connectivity index (χ2v) is 4.19. The lowest BCUT2D eigenvalue weighted by Gasteiger charge is -2.23. The summed E-state index contributed by atoms with van der Waals surface area (Å²) in [5.74, 6) is -0.166. The van der Waals surface area contributed by atoms with E-state index in [9.17, 15) is 4.39 Å². The van der Waals surface area contributed by atoms with E-state index in [4.69, 9.17) is 0 Å². The summed E-state index contributed by atoms with van der Waals surface area (Å²) in [6.45, 7) is 6.54. The molecule has 0 aliphatic heterocycles. The van der Waals surface area contributed by atoms with Crippen LogP contribution in [0.25, 0.3) is 0 Å². The van der Waals surface area contributed by atoms with Crippen LogP contribution in [0.1, 0.15) is 51.6 Å². The third-order valence-corrected chi connectivity index (χ3v) is 3.10. The number of hydrogen-bond acceptors (Lipinski definition) is 1. The Bertz CT molecular complexity index is 290. The Hall–Kier alpha value is -0.890. The predicted molar refractivity (Wildman–Crippen MR) is 66.9 cm³/mol. The molecule has 90 valence electrons. The van der Waals surface area contributed by atoms with Gasteiger partial charge in [-0.05, 0) is 37.0 Å². The largest absolute Gasteiger partial charge is 0.307 e. The van der Waals surface area contributed by atoms with Gasteiger partial charge >= 0.3 is 0 Å². The normalized spacial score (nSPS) is 13.1. The Morgan fingerprint density at radius 1 is 1.00 bits per heavy atom. The topological polar surface area (TPSA) is 12.0 Å². The summed E-state index contributed by atoms with van der Waals surface area (Å²) in [5.41, 5.74) is 1.18. The molecule has 0 heterocycles. The monoisotopic (exact) mass is 223 g/mol. The minimum absolute atomic E-state index is 0.166. The van der Waals surface area contributed by atoms with Crippen molar-refractivity contribution in [2.24, 2.45) is 0 Å². The van der Waals surface area contributed by atoms with Crippen molar-refractivity contribution in [3.05, 3.63) is 35.6 Å². The van der Waals surface area contributed by atoms with Crippen LogP contribution < -0.4 is 5.32 Å². The first kappa shape index (κ1) is 13.2. The highest BCUT2D eigenvalue weighted by Crippen LogP contribution is 2.18. The highest BCUT2D eigenvalue weighted by molar-refractivity contribution is 5.19. The van der Waals surface area contributed by atoms with Gasteiger partial charge < -0.3 is 5.32 Å². The number of halogens is 1. The molecule has 1 unspecified atom stereocenters. The van der Waals surface area contributed by atoms with Crippen molar-refractivity contribution < 1.29 is 4.39 Å². The molecule has 1 rings (SSSR count). The van der Waals surface area contributed by atoms with Crippen molar-refractivity contribution in [1.82, 2.24) is 5.32 Å². The van der Waals surface area contributed by atoms with E-state index in [1.165, 1.54) is 17.7 Å². The van der Waals surface area contributed by atoms with Crippen LogP contribution in [-0.2, 0) is 0 Å². The van der Waals surface area contributed by atoms with E-state index in [1.54, 1.807) is 0 Å². The van der Waals surface area contributed by atoms with Gasteiger partial charge in [-0.1, -0.05) is 32.9 Å². The van der Waals surface area contributed by atoms with Crippen LogP contribution in [0.4, 0.5) is 4.39 Å². The average Bonchev–Trinajstić information content (AvgIpc) is 2.32. The molecule has 1 aromatic carbocycles. The Morgan fingerprint density at radius 2 is 1.56 bits per heavy atom. The molecule has 0 fully saturated rings. The molecule has 0 saturated heterocycles. The van der Waals surface area contributed by atoms with E-state index in [-0.39, 0.29) is 5.82 Å². The summed E-state index contributed by atoms with van der Waals surface area (Å²) in [5, 5.41) is 3.62. The molecule has 16 heavy (non-hydrogen) atoms. The van der Waals surface area contributed by atoms with Crippen LogP contribution in [0.5, 0.6) is 0 Å². The number of nitrogens with one attached hydrogen (secondary N) is 1. The van der Waals surface area contributed by atoms with E-state index < -0.39 is 0 Å². The smallest absolute Gasteiger partial charge is 0.123 e. The quantitative estimate of drug-likeness (QED) is 0.767. The van der Waals surface area contributed by atoms with E-state index in [1.807, 2.05) is 12.1 Å². The van der Waals surface area contributed by atoms with Gasteiger partial charge in [0.05, 0.1) is 0 Å². The van der Waals surface area contributed by atoms with Crippen molar-refractivity contribution in [1.29, 1.82) is 0 Å². The molecule has 0 bridgehead atoms. The molecule has 0 radical (unpaired) electrons. The van der Waals surface area contributed by atoms with Crippen molar-refractivity contribution in [2.75, 3.05) is 0 Å². The minimum Gasteiger partial charge on any atom is -0.307 e. The maximum atomic E-state index is 12.8. The maximum Gasteiger partial charge on any atom is 0.123 e. The van der Waals surface area contributed by atoms with E-state index in [2.05, 4.69) is 26.1 Å². The highest BCUT2D eigenvalue weighted by Gasteiger charge is 2.12. The second-order valence-electron chi connectivity index (χ2n) is 4.19. The van der Waals surface area contributed by atoms with Gasteiger partial charge in [0.25, 0.3) is 0 Å². The molecule has 0 aliphatic rings. The fourth-order valence-corrected chi connectivity index (χ4v) is 1.95. The van der Waals surface area contributed by atoms with Gasteiger partial charge in [0.1, 0.15) is 5.82 Å². The second kappa shape index (κ2) is 6.64. The molecule has 1 N–H and O–H groups in total. The number of benzene rings is 1. The Morgan fingerprint density at radius 3 is 2.00 bits per heavy atom. The summed E-state index contributed by atoms with van der Waals surface area (Å²) in [4.78, 5) is 0. The van der Waals surface area contributed by atoms with E-state index in [0.717, 1.165) is 19.3 Å². The van der Waals surface area contributed by atoms with Gasteiger partial charge in [0.15, 0.2) is 0 Å². The first-order valence-corrected chi connectivity index (χ1v) is 6.22. The summed E-state index contributed by atoms with van der Waals surface area (Å²) in [6.07, 6.45) is 3.30. The molecule has 0 aromatic heterocycles. The van der Waals surface area contributed by atoms with E-state index >= 15 is 0 Å². The first-order valence-electron chi connectivity index (χ1n) is 6.22. The van der Waals surface area contributed by atoms with Crippen LogP contribution in [-0.4, -0.2) is 6.04 Å². The fourth-order valence-electron chi connectivity index (χ4n) is 1.95.